The largest absolute Gasteiger partial charge is 0.384 e. The monoisotopic (exact) mass is 311 g/mol. The van der Waals surface area contributed by atoms with Gasteiger partial charge in [0.1, 0.15) is 6.61 Å². The number of rotatable bonds is 5. The van der Waals surface area contributed by atoms with Crippen LogP contribution in [0.3, 0.4) is 0 Å². The Labute approximate surface area is 123 Å². The zero-order chi connectivity index (χ0) is 15.9. The van der Waals surface area contributed by atoms with Crippen molar-refractivity contribution in [1.82, 2.24) is 10.0 Å². The number of sulfonamides is 1. The second-order valence-electron chi connectivity index (χ2n) is 4.15. The highest BCUT2D eigenvalue weighted by Gasteiger charge is 2.17. The number of nitrogens with one attached hydrogen (secondary N) is 2. The van der Waals surface area contributed by atoms with E-state index >= 15 is 0 Å². The molecule has 0 aromatic heterocycles. The lowest BCUT2D eigenvalue weighted by Gasteiger charge is -2.09. The third-order valence-electron chi connectivity index (χ3n) is 2.44. The second kappa shape index (κ2) is 7.64. The van der Waals surface area contributed by atoms with Crippen LogP contribution in [-0.2, 0) is 10.0 Å². The maximum Gasteiger partial charge on any atom is 0.312 e. The van der Waals surface area contributed by atoms with Crippen molar-refractivity contribution in [2.75, 3.05) is 19.7 Å². The van der Waals surface area contributed by atoms with Crippen LogP contribution in [0.5, 0.6) is 0 Å². The fraction of sp³-hybridized carbons (Fsp3) is 0.308. The van der Waals surface area contributed by atoms with Crippen molar-refractivity contribution in [2.45, 2.75) is 11.8 Å². The van der Waals surface area contributed by atoms with E-state index in [9.17, 15) is 13.2 Å². The van der Waals surface area contributed by atoms with Gasteiger partial charge < -0.3 is 16.2 Å². The molecule has 1 rings (SSSR count). The van der Waals surface area contributed by atoms with Crippen LogP contribution in [0.25, 0.3) is 0 Å². The number of nitrogens with two attached hydrogens (primary N) is 1. The molecule has 0 atom stereocenters. The molecule has 1 aromatic carbocycles. The first-order chi connectivity index (χ1) is 9.86. The number of amides is 2. The molecule has 0 spiro atoms. The molecule has 7 nitrogen and oxygen atoms in total. The van der Waals surface area contributed by atoms with Crippen LogP contribution < -0.4 is 15.8 Å². The van der Waals surface area contributed by atoms with Gasteiger partial charge in [0.2, 0.25) is 10.0 Å². The molecule has 8 heteroatoms. The Morgan fingerprint density at radius 1 is 1.38 bits per heavy atom. The Kier molecular flexibility index (Phi) is 6.17. The van der Waals surface area contributed by atoms with Crippen LogP contribution in [-0.4, -0.2) is 39.3 Å². The topological polar surface area (TPSA) is 122 Å². The summed E-state index contributed by atoms with van der Waals surface area (Å²) >= 11 is 0. The highest BCUT2D eigenvalue weighted by Crippen LogP contribution is 2.16. The van der Waals surface area contributed by atoms with E-state index in [0.717, 1.165) is 5.56 Å². The summed E-state index contributed by atoms with van der Waals surface area (Å²) in [6.45, 7) is 1.54. The third-order valence-corrected chi connectivity index (χ3v) is 3.96. The number of carbonyl (C=O) groups is 1. The molecule has 21 heavy (non-hydrogen) atoms. The van der Waals surface area contributed by atoms with Crippen molar-refractivity contribution in [2.24, 2.45) is 5.73 Å². The summed E-state index contributed by atoms with van der Waals surface area (Å²) in [5.41, 5.74) is 6.04. The highest BCUT2D eigenvalue weighted by molar-refractivity contribution is 7.89. The molecule has 0 radical (unpaired) electrons. The predicted molar refractivity (Wildman–Crippen MR) is 77.9 cm³/mol. The van der Waals surface area contributed by atoms with Crippen molar-refractivity contribution in [3.63, 3.8) is 0 Å². The van der Waals surface area contributed by atoms with Gasteiger partial charge in [0.25, 0.3) is 0 Å². The number of hydrogen-bond acceptors (Lipinski definition) is 4. The summed E-state index contributed by atoms with van der Waals surface area (Å²) < 4.78 is 26.7. The minimum Gasteiger partial charge on any atom is -0.384 e. The maximum absolute atomic E-state index is 12.2. The fourth-order valence-corrected chi connectivity index (χ4v) is 2.73. The molecule has 0 heterocycles. The number of urea groups is 1. The number of aliphatic hydroxyl groups is 1. The molecule has 1 aromatic rings. The van der Waals surface area contributed by atoms with E-state index in [1.54, 1.807) is 12.1 Å². The van der Waals surface area contributed by atoms with Crippen molar-refractivity contribution < 1.29 is 18.3 Å². The van der Waals surface area contributed by atoms with Crippen LogP contribution in [0.4, 0.5) is 4.79 Å². The number of benzene rings is 1. The predicted octanol–water partition coefficient (Wildman–Crippen LogP) is -0.715. The second-order valence-corrected chi connectivity index (χ2v) is 5.88. The molecule has 0 aliphatic heterocycles. The van der Waals surface area contributed by atoms with Gasteiger partial charge in [0.05, 0.1) is 4.90 Å². The molecule has 0 aliphatic carbocycles. The van der Waals surface area contributed by atoms with Crippen LogP contribution >= 0.6 is 0 Å². The quantitative estimate of drug-likeness (QED) is 0.424. The number of aryl methyl sites for hydroxylation is 1. The zero-order valence-electron chi connectivity index (χ0n) is 11.5. The van der Waals surface area contributed by atoms with E-state index in [0.29, 0.717) is 5.56 Å². The lowest BCUT2D eigenvalue weighted by Crippen LogP contribution is -2.37. The Morgan fingerprint density at radius 2 is 2.10 bits per heavy atom. The SMILES string of the molecule is Cc1ccc(S(=O)(=O)NCCNC(N)=O)c(C#CCO)c1. The van der Waals surface area contributed by atoms with Crippen molar-refractivity contribution >= 4 is 16.1 Å². The van der Waals surface area contributed by atoms with Gasteiger partial charge in [-0.25, -0.2) is 17.9 Å². The number of carbonyl (C=O) groups excluding carboxylic acids is 1. The summed E-state index contributed by atoms with van der Waals surface area (Å²) in [4.78, 5) is 10.5. The van der Waals surface area contributed by atoms with Crippen LogP contribution in [0, 0.1) is 18.8 Å². The van der Waals surface area contributed by atoms with Gasteiger partial charge in [-0.2, -0.15) is 0 Å². The van der Waals surface area contributed by atoms with E-state index in [1.165, 1.54) is 6.07 Å². The van der Waals surface area contributed by atoms with Crippen LogP contribution in [0.2, 0.25) is 0 Å². The first-order valence-corrected chi connectivity index (χ1v) is 7.58. The van der Waals surface area contributed by atoms with E-state index < -0.39 is 16.1 Å². The molecule has 0 bridgehead atoms. The Balaban J connectivity index is 2.94. The standard InChI is InChI=1S/C13H17N3O4S/c1-10-4-5-12(11(9-10)3-2-8-17)21(19,20)16-7-6-15-13(14)18/h4-5,9,16-17H,6-8H2,1H3,(H3,14,15,18). The van der Waals surface area contributed by atoms with Gasteiger partial charge in [-0.3, -0.25) is 0 Å². The van der Waals surface area contributed by atoms with Crippen molar-refractivity contribution in [3.8, 4) is 11.8 Å². The molecule has 0 fully saturated rings. The first kappa shape index (κ1) is 17.0. The molecule has 0 saturated heterocycles. The smallest absolute Gasteiger partial charge is 0.312 e. The van der Waals surface area contributed by atoms with Gasteiger partial charge in [0, 0.05) is 18.7 Å². The third kappa shape index (κ3) is 5.43. The van der Waals surface area contributed by atoms with Crippen molar-refractivity contribution in [3.05, 3.63) is 29.3 Å². The number of aliphatic hydroxyl groups excluding tert-OH is 1. The van der Waals surface area contributed by atoms with Gasteiger partial charge in [-0.15, -0.1) is 0 Å². The molecular weight excluding hydrogens is 294 g/mol. The molecule has 5 N–H and O–H groups in total. The van der Waals surface area contributed by atoms with Gasteiger partial charge in [-0.1, -0.05) is 17.9 Å². The molecule has 2 amide bonds. The summed E-state index contributed by atoms with van der Waals surface area (Å²) in [5.74, 6) is 5.04. The van der Waals surface area contributed by atoms with Crippen LogP contribution in [0.15, 0.2) is 23.1 Å². The van der Waals surface area contributed by atoms with Gasteiger partial charge in [-0.05, 0) is 24.6 Å². The van der Waals surface area contributed by atoms with Crippen LogP contribution in [0.1, 0.15) is 11.1 Å². The van der Waals surface area contributed by atoms with Crippen molar-refractivity contribution in [1.29, 1.82) is 0 Å². The van der Waals surface area contributed by atoms with E-state index in [-0.39, 0.29) is 24.6 Å². The molecule has 0 aliphatic rings. The molecule has 0 saturated carbocycles. The molecule has 0 unspecified atom stereocenters. The average Bonchev–Trinajstić information content (AvgIpc) is 2.41. The Morgan fingerprint density at radius 3 is 2.71 bits per heavy atom. The fourth-order valence-electron chi connectivity index (χ4n) is 1.56. The molecule has 114 valence electrons. The molecular formula is C13H17N3O4S. The van der Waals surface area contributed by atoms with Gasteiger partial charge in [0.15, 0.2) is 0 Å². The van der Waals surface area contributed by atoms with E-state index in [2.05, 4.69) is 21.9 Å². The minimum atomic E-state index is -3.76. The minimum absolute atomic E-state index is 0.00597. The summed E-state index contributed by atoms with van der Waals surface area (Å²) in [7, 11) is -3.76. The summed E-state index contributed by atoms with van der Waals surface area (Å²) in [5, 5.41) is 11.0. The number of hydrogen-bond donors (Lipinski definition) is 4. The van der Waals surface area contributed by atoms with Gasteiger partial charge >= 0.3 is 6.03 Å². The average molecular weight is 311 g/mol. The van der Waals surface area contributed by atoms with E-state index in [4.69, 9.17) is 10.8 Å². The first-order valence-electron chi connectivity index (χ1n) is 6.10. The Hall–Kier alpha value is -2.08. The lowest BCUT2D eigenvalue weighted by molar-refractivity contribution is 0.249. The maximum atomic E-state index is 12.2. The zero-order valence-corrected chi connectivity index (χ0v) is 12.3. The summed E-state index contributed by atoms with van der Waals surface area (Å²) in [6, 6.07) is 4.00. The Bertz CT molecular complexity index is 674. The normalized spacial score (nSPS) is 10.6. The van der Waals surface area contributed by atoms with E-state index in [1.807, 2.05) is 6.92 Å². The highest BCUT2D eigenvalue weighted by atomic mass is 32.2. The summed E-state index contributed by atoms with van der Waals surface area (Å²) in [6.07, 6.45) is 0. The number of primary amides is 1. The lowest BCUT2D eigenvalue weighted by atomic mass is 10.1.